The molecule has 0 aromatic carbocycles. The molecule has 4 nitrogen and oxygen atoms in total. The summed E-state index contributed by atoms with van der Waals surface area (Å²) in [6, 6.07) is 0.102. The normalized spacial score (nSPS) is 31.8. The van der Waals surface area contributed by atoms with Crippen LogP contribution in [0, 0.1) is 0 Å². The lowest BCUT2D eigenvalue weighted by molar-refractivity contribution is -0.138. The Kier molecular flexibility index (Phi) is 3.58. The highest BCUT2D eigenvalue weighted by molar-refractivity contribution is 5.78. The van der Waals surface area contributed by atoms with Crippen LogP contribution in [0.1, 0.15) is 19.3 Å². The first-order valence-corrected chi connectivity index (χ1v) is 5.66. The minimum Gasteiger partial charge on any atom is -0.373 e. The number of amides is 1. The highest BCUT2D eigenvalue weighted by atomic mass is 19.4. The summed E-state index contributed by atoms with van der Waals surface area (Å²) >= 11 is 0. The van der Waals surface area contributed by atoms with Crippen molar-refractivity contribution in [2.75, 3.05) is 13.1 Å². The number of rotatable bonds is 4. The van der Waals surface area contributed by atoms with Crippen LogP contribution < -0.4 is 10.6 Å². The molecular formula is C10H15F3N2O2. The number of ether oxygens (including phenoxy) is 1. The highest BCUT2D eigenvalue weighted by Crippen LogP contribution is 2.34. The third kappa shape index (κ3) is 3.57. The number of hydrogen-bond acceptors (Lipinski definition) is 3. The van der Waals surface area contributed by atoms with Crippen LogP contribution in [0.4, 0.5) is 13.2 Å². The van der Waals surface area contributed by atoms with Gasteiger partial charge in [0.15, 0.2) is 0 Å². The van der Waals surface area contributed by atoms with Gasteiger partial charge in [0, 0.05) is 6.04 Å². The molecule has 17 heavy (non-hydrogen) atoms. The molecule has 1 amide bonds. The van der Waals surface area contributed by atoms with Gasteiger partial charge in [-0.05, 0) is 19.3 Å². The van der Waals surface area contributed by atoms with Crippen molar-refractivity contribution in [1.82, 2.24) is 10.6 Å². The average molecular weight is 252 g/mol. The van der Waals surface area contributed by atoms with Gasteiger partial charge in [-0.25, -0.2) is 0 Å². The van der Waals surface area contributed by atoms with Gasteiger partial charge in [-0.15, -0.1) is 0 Å². The van der Waals surface area contributed by atoms with Crippen molar-refractivity contribution in [3.05, 3.63) is 0 Å². The Labute approximate surface area is 96.9 Å². The van der Waals surface area contributed by atoms with Gasteiger partial charge < -0.3 is 15.4 Å². The smallest absolute Gasteiger partial charge is 0.373 e. The second-order valence-corrected chi connectivity index (χ2v) is 4.49. The molecular weight excluding hydrogens is 237 g/mol. The third-order valence-corrected chi connectivity index (χ3v) is 3.12. The van der Waals surface area contributed by atoms with Gasteiger partial charge in [0.25, 0.3) is 0 Å². The maximum Gasteiger partial charge on any atom is 0.405 e. The fourth-order valence-electron chi connectivity index (χ4n) is 2.34. The largest absolute Gasteiger partial charge is 0.405 e. The average Bonchev–Trinajstić information content (AvgIpc) is 2.84. The fraction of sp³-hybridized carbons (Fsp3) is 0.900. The van der Waals surface area contributed by atoms with Crippen LogP contribution in [0.3, 0.4) is 0 Å². The molecule has 0 aliphatic carbocycles. The molecule has 0 saturated carbocycles. The van der Waals surface area contributed by atoms with Crippen molar-refractivity contribution in [3.63, 3.8) is 0 Å². The summed E-state index contributed by atoms with van der Waals surface area (Å²) < 4.78 is 41.0. The molecule has 3 unspecified atom stereocenters. The third-order valence-electron chi connectivity index (χ3n) is 3.12. The summed E-state index contributed by atoms with van der Waals surface area (Å²) in [5, 5.41) is 4.77. The minimum atomic E-state index is -4.36. The molecule has 7 heteroatoms. The van der Waals surface area contributed by atoms with Gasteiger partial charge in [-0.1, -0.05) is 0 Å². The Balaban J connectivity index is 1.63. The van der Waals surface area contributed by atoms with E-state index in [1.165, 1.54) is 0 Å². The highest BCUT2D eigenvalue weighted by Gasteiger charge is 2.40. The first-order valence-electron chi connectivity index (χ1n) is 5.66. The van der Waals surface area contributed by atoms with E-state index in [1.807, 2.05) is 5.32 Å². The Morgan fingerprint density at radius 3 is 2.65 bits per heavy atom. The number of halogens is 3. The molecule has 2 rings (SSSR count). The van der Waals surface area contributed by atoms with Crippen LogP contribution in [0.25, 0.3) is 0 Å². The molecule has 0 spiro atoms. The predicted octanol–water partition coefficient (Wildman–Crippen LogP) is 0.574. The predicted molar refractivity (Wildman–Crippen MR) is 53.4 cm³/mol. The lowest BCUT2D eigenvalue weighted by Gasteiger charge is -2.19. The number of carbonyl (C=O) groups excluding carboxylic acids is 1. The van der Waals surface area contributed by atoms with Crippen molar-refractivity contribution in [2.24, 2.45) is 0 Å². The zero-order chi connectivity index (χ0) is 12.5. The van der Waals surface area contributed by atoms with Crippen LogP contribution in [-0.2, 0) is 9.53 Å². The summed E-state index contributed by atoms with van der Waals surface area (Å²) in [5.74, 6) is -0.634. The van der Waals surface area contributed by atoms with Crippen molar-refractivity contribution in [2.45, 2.75) is 43.7 Å². The van der Waals surface area contributed by atoms with E-state index in [4.69, 9.17) is 4.74 Å². The molecule has 2 fully saturated rings. The zero-order valence-electron chi connectivity index (χ0n) is 9.22. The van der Waals surface area contributed by atoms with Crippen LogP contribution in [0.2, 0.25) is 0 Å². The van der Waals surface area contributed by atoms with Gasteiger partial charge in [-0.3, -0.25) is 4.79 Å². The topological polar surface area (TPSA) is 50.4 Å². The summed E-state index contributed by atoms with van der Waals surface area (Å²) in [6.45, 7) is -1.37. The molecule has 2 bridgehead atoms. The van der Waals surface area contributed by atoms with E-state index < -0.39 is 18.6 Å². The lowest BCUT2D eigenvalue weighted by atomic mass is 9.95. The van der Waals surface area contributed by atoms with Gasteiger partial charge in [0.2, 0.25) is 5.91 Å². The molecule has 3 atom stereocenters. The Morgan fingerprint density at radius 2 is 2.12 bits per heavy atom. The van der Waals surface area contributed by atoms with Crippen LogP contribution in [-0.4, -0.2) is 43.4 Å². The van der Waals surface area contributed by atoms with Crippen molar-refractivity contribution in [1.29, 1.82) is 0 Å². The Bertz CT molecular complexity index is 296. The fourth-order valence-corrected chi connectivity index (χ4v) is 2.34. The van der Waals surface area contributed by atoms with E-state index in [0.717, 1.165) is 19.3 Å². The summed E-state index contributed by atoms with van der Waals surface area (Å²) in [4.78, 5) is 11.1. The molecule has 2 heterocycles. The number of alkyl halides is 3. The van der Waals surface area contributed by atoms with E-state index in [9.17, 15) is 18.0 Å². The zero-order valence-corrected chi connectivity index (χ0v) is 9.22. The van der Waals surface area contributed by atoms with Crippen molar-refractivity contribution >= 4 is 5.91 Å². The quantitative estimate of drug-likeness (QED) is 0.769. The molecule has 2 saturated heterocycles. The van der Waals surface area contributed by atoms with Gasteiger partial charge >= 0.3 is 6.18 Å². The monoisotopic (exact) mass is 252 g/mol. The standard InChI is InChI=1S/C10H15F3N2O2/c11-10(12,13)5-15-9(16)4-14-7-3-6-1-2-8(7)17-6/h6-8,14H,1-5H2,(H,15,16). The number of carbonyl (C=O) groups is 1. The molecule has 2 aliphatic heterocycles. The van der Waals surface area contributed by atoms with E-state index in [2.05, 4.69) is 5.32 Å². The van der Waals surface area contributed by atoms with Crippen LogP contribution in [0.15, 0.2) is 0 Å². The van der Waals surface area contributed by atoms with Crippen molar-refractivity contribution in [3.8, 4) is 0 Å². The van der Waals surface area contributed by atoms with Gasteiger partial charge in [0.1, 0.15) is 6.54 Å². The summed E-state index contributed by atoms with van der Waals surface area (Å²) in [5.41, 5.74) is 0. The van der Waals surface area contributed by atoms with E-state index >= 15 is 0 Å². The second-order valence-electron chi connectivity index (χ2n) is 4.49. The minimum absolute atomic E-state index is 0.0900. The van der Waals surface area contributed by atoms with Crippen molar-refractivity contribution < 1.29 is 22.7 Å². The van der Waals surface area contributed by atoms with Gasteiger partial charge in [-0.2, -0.15) is 13.2 Å². The first-order chi connectivity index (χ1) is 7.94. The SMILES string of the molecule is O=C(CNC1CC2CCC1O2)NCC(F)(F)F. The number of hydrogen-bond donors (Lipinski definition) is 2. The number of nitrogens with one attached hydrogen (secondary N) is 2. The summed E-state index contributed by atoms with van der Waals surface area (Å²) in [7, 11) is 0. The maximum atomic E-state index is 11.8. The number of fused-ring (bicyclic) bond motifs is 2. The van der Waals surface area contributed by atoms with Crippen LogP contribution >= 0.6 is 0 Å². The Hall–Kier alpha value is -0.820. The Morgan fingerprint density at radius 1 is 1.35 bits per heavy atom. The van der Waals surface area contributed by atoms with Gasteiger partial charge in [0.05, 0.1) is 18.8 Å². The molecule has 0 radical (unpaired) electrons. The maximum absolute atomic E-state index is 11.8. The summed E-state index contributed by atoms with van der Waals surface area (Å²) in [6.07, 6.45) is -1.12. The molecule has 98 valence electrons. The van der Waals surface area contributed by atoms with E-state index in [1.54, 1.807) is 0 Å². The molecule has 0 aromatic rings. The van der Waals surface area contributed by atoms with E-state index in [-0.39, 0.29) is 24.8 Å². The van der Waals surface area contributed by atoms with Crippen LogP contribution in [0.5, 0.6) is 0 Å². The lowest BCUT2D eigenvalue weighted by Crippen LogP contribution is -2.45. The second kappa shape index (κ2) is 4.81. The molecule has 2 N–H and O–H groups in total. The van der Waals surface area contributed by atoms with E-state index in [0.29, 0.717) is 0 Å². The first kappa shape index (κ1) is 12.6. The molecule has 0 aromatic heterocycles. The molecule has 2 aliphatic rings.